The lowest BCUT2D eigenvalue weighted by Crippen LogP contribution is -2.19. The zero-order valence-corrected chi connectivity index (χ0v) is 11.4. The second-order valence-corrected chi connectivity index (χ2v) is 5.29. The van der Waals surface area contributed by atoms with Crippen molar-refractivity contribution >= 4 is 21.6 Å². The van der Waals surface area contributed by atoms with Crippen molar-refractivity contribution < 1.29 is 0 Å². The summed E-state index contributed by atoms with van der Waals surface area (Å²) in [5.74, 6) is 0. The minimum Gasteiger partial charge on any atom is -0.305 e. The summed E-state index contributed by atoms with van der Waals surface area (Å²) in [5.41, 5.74) is 5.13. The van der Waals surface area contributed by atoms with Crippen molar-refractivity contribution in [2.45, 2.75) is 19.5 Å². The molecular formula is C14H14N4S. The van der Waals surface area contributed by atoms with Crippen LogP contribution in [0, 0.1) is 0 Å². The smallest absolute Gasteiger partial charge is 0.0815 e. The van der Waals surface area contributed by atoms with E-state index < -0.39 is 0 Å². The number of aromatic nitrogens is 3. The Morgan fingerprint density at radius 2 is 2.26 bits per heavy atom. The van der Waals surface area contributed by atoms with Gasteiger partial charge in [-0.3, -0.25) is 0 Å². The molecule has 1 atom stereocenters. The van der Waals surface area contributed by atoms with E-state index >= 15 is 0 Å². The standard InChI is InChI=1S/C14H14N4S/c1-10(12-3-2-6-17-18-12)15-8-11-4-5-14-13(7-11)16-9-19-14/h2-7,9-10,15H,8H2,1H3. The molecule has 4 nitrogen and oxygen atoms in total. The molecule has 0 radical (unpaired) electrons. The van der Waals surface area contributed by atoms with E-state index in [0.29, 0.717) is 0 Å². The van der Waals surface area contributed by atoms with Gasteiger partial charge >= 0.3 is 0 Å². The fourth-order valence-corrected chi connectivity index (χ4v) is 2.59. The molecule has 0 aliphatic carbocycles. The Morgan fingerprint density at radius 1 is 1.32 bits per heavy atom. The lowest BCUT2D eigenvalue weighted by atomic mass is 10.2. The van der Waals surface area contributed by atoms with Crippen molar-refractivity contribution in [3.63, 3.8) is 0 Å². The molecule has 3 rings (SSSR count). The van der Waals surface area contributed by atoms with E-state index in [1.54, 1.807) is 17.5 Å². The number of hydrogen-bond donors (Lipinski definition) is 1. The van der Waals surface area contributed by atoms with Crippen LogP contribution in [0.25, 0.3) is 10.2 Å². The van der Waals surface area contributed by atoms with E-state index in [0.717, 1.165) is 17.8 Å². The number of nitrogens with zero attached hydrogens (tertiary/aromatic N) is 3. The molecule has 3 aromatic rings. The topological polar surface area (TPSA) is 50.7 Å². The Kier molecular flexibility index (Phi) is 3.48. The molecular weight excluding hydrogens is 256 g/mol. The summed E-state index contributed by atoms with van der Waals surface area (Å²) in [7, 11) is 0. The van der Waals surface area contributed by atoms with Crippen molar-refractivity contribution in [1.29, 1.82) is 0 Å². The van der Waals surface area contributed by atoms with Gasteiger partial charge in [0.05, 0.1) is 21.4 Å². The number of fused-ring (bicyclic) bond motifs is 1. The van der Waals surface area contributed by atoms with Crippen LogP contribution in [0.4, 0.5) is 0 Å². The summed E-state index contributed by atoms with van der Waals surface area (Å²) in [5, 5.41) is 11.5. The number of nitrogens with one attached hydrogen (secondary N) is 1. The summed E-state index contributed by atoms with van der Waals surface area (Å²) in [6.07, 6.45) is 1.69. The largest absolute Gasteiger partial charge is 0.305 e. The van der Waals surface area contributed by atoms with E-state index in [-0.39, 0.29) is 6.04 Å². The molecule has 96 valence electrons. The van der Waals surface area contributed by atoms with Gasteiger partial charge in [0.15, 0.2) is 0 Å². The van der Waals surface area contributed by atoms with Crippen LogP contribution < -0.4 is 5.32 Å². The molecule has 0 aliphatic heterocycles. The number of rotatable bonds is 4. The highest BCUT2D eigenvalue weighted by atomic mass is 32.1. The first-order valence-electron chi connectivity index (χ1n) is 6.16. The van der Waals surface area contributed by atoms with Crippen LogP contribution in [-0.4, -0.2) is 15.2 Å². The van der Waals surface area contributed by atoms with Crippen LogP contribution in [-0.2, 0) is 6.54 Å². The number of benzene rings is 1. The zero-order chi connectivity index (χ0) is 13.1. The van der Waals surface area contributed by atoms with Crippen LogP contribution >= 0.6 is 11.3 Å². The Bertz CT molecular complexity index is 665. The second-order valence-electron chi connectivity index (χ2n) is 4.41. The maximum Gasteiger partial charge on any atom is 0.0815 e. The Balaban J connectivity index is 1.68. The van der Waals surface area contributed by atoms with Crippen LogP contribution in [0.5, 0.6) is 0 Å². The summed E-state index contributed by atoms with van der Waals surface area (Å²) in [6.45, 7) is 2.89. The van der Waals surface area contributed by atoms with E-state index in [1.165, 1.54) is 10.3 Å². The predicted octanol–water partition coefficient (Wildman–Crippen LogP) is 2.94. The van der Waals surface area contributed by atoms with E-state index in [4.69, 9.17) is 0 Å². The van der Waals surface area contributed by atoms with Crippen molar-refractivity contribution in [1.82, 2.24) is 20.5 Å². The Labute approximate surface area is 115 Å². The highest BCUT2D eigenvalue weighted by Gasteiger charge is 2.06. The van der Waals surface area contributed by atoms with Gasteiger partial charge in [0.1, 0.15) is 0 Å². The number of thiazole rings is 1. The number of hydrogen-bond acceptors (Lipinski definition) is 5. The van der Waals surface area contributed by atoms with Gasteiger partial charge in [0.25, 0.3) is 0 Å². The normalized spacial score (nSPS) is 12.7. The average Bonchev–Trinajstić information content (AvgIpc) is 2.93. The van der Waals surface area contributed by atoms with E-state index in [1.807, 2.05) is 17.6 Å². The highest BCUT2D eigenvalue weighted by Crippen LogP contribution is 2.19. The van der Waals surface area contributed by atoms with Crippen molar-refractivity contribution in [2.24, 2.45) is 0 Å². The molecule has 1 aromatic carbocycles. The van der Waals surface area contributed by atoms with Crippen molar-refractivity contribution in [3.05, 3.63) is 53.3 Å². The molecule has 0 saturated carbocycles. The molecule has 1 unspecified atom stereocenters. The quantitative estimate of drug-likeness (QED) is 0.792. The fraction of sp³-hybridized carbons (Fsp3) is 0.214. The van der Waals surface area contributed by atoms with Gasteiger partial charge in [0, 0.05) is 18.8 Å². The van der Waals surface area contributed by atoms with Crippen LogP contribution in [0.15, 0.2) is 42.0 Å². The second kappa shape index (κ2) is 5.42. The molecule has 19 heavy (non-hydrogen) atoms. The van der Waals surface area contributed by atoms with Gasteiger partial charge in [0.2, 0.25) is 0 Å². The molecule has 5 heteroatoms. The maximum absolute atomic E-state index is 4.33. The zero-order valence-electron chi connectivity index (χ0n) is 10.6. The maximum atomic E-state index is 4.33. The van der Waals surface area contributed by atoms with Crippen molar-refractivity contribution in [3.8, 4) is 0 Å². The minimum atomic E-state index is 0.180. The third kappa shape index (κ3) is 2.77. The molecule has 2 heterocycles. The van der Waals surface area contributed by atoms with Gasteiger partial charge in [-0.25, -0.2) is 4.98 Å². The van der Waals surface area contributed by atoms with E-state index in [2.05, 4.69) is 45.6 Å². The Hall–Kier alpha value is -1.85. The van der Waals surface area contributed by atoms with Gasteiger partial charge in [-0.05, 0) is 36.8 Å². The van der Waals surface area contributed by atoms with Gasteiger partial charge in [-0.1, -0.05) is 6.07 Å². The van der Waals surface area contributed by atoms with Gasteiger partial charge in [-0.15, -0.1) is 11.3 Å². The molecule has 0 amide bonds. The minimum absolute atomic E-state index is 0.180. The molecule has 0 fully saturated rings. The highest BCUT2D eigenvalue weighted by molar-refractivity contribution is 7.16. The van der Waals surface area contributed by atoms with Gasteiger partial charge < -0.3 is 5.32 Å². The third-order valence-corrected chi connectivity index (χ3v) is 3.85. The molecule has 2 aromatic heterocycles. The van der Waals surface area contributed by atoms with Gasteiger partial charge in [-0.2, -0.15) is 10.2 Å². The predicted molar refractivity (Wildman–Crippen MR) is 76.9 cm³/mol. The van der Waals surface area contributed by atoms with Crippen molar-refractivity contribution in [2.75, 3.05) is 0 Å². The summed E-state index contributed by atoms with van der Waals surface area (Å²) in [4.78, 5) is 4.33. The molecule has 1 N–H and O–H groups in total. The molecule has 0 spiro atoms. The summed E-state index contributed by atoms with van der Waals surface area (Å²) < 4.78 is 1.23. The Morgan fingerprint density at radius 3 is 3.11 bits per heavy atom. The van der Waals surface area contributed by atoms with Crippen LogP contribution in [0.2, 0.25) is 0 Å². The molecule has 0 saturated heterocycles. The van der Waals surface area contributed by atoms with Crippen LogP contribution in [0.1, 0.15) is 24.2 Å². The van der Waals surface area contributed by atoms with Crippen LogP contribution in [0.3, 0.4) is 0 Å². The monoisotopic (exact) mass is 270 g/mol. The average molecular weight is 270 g/mol. The lowest BCUT2D eigenvalue weighted by molar-refractivity contribution is 0.555. The third-order valence-electron chi connectivity index (χ3n) is 3.04. The lowest BCUT2D eigenvalue weighted by Gasteiger charge is -2.12. The first-order valence-corrected chi connectivity index (χ1v) is 7.04. The summed E-state index contributed by atoms with van der Waals surface area (Å²) >= 11 is 1.67. The summed E-state index contributed by atoms with van der Waals surface area (Å²) in [6, 6.07) is 10.5. The SMILES string of the molecule is CC(NCc1ccc2scnc2c1)c1cccnn1. The fourth-order valence-electron chi connectivity index (χ4n) is 1.93. The molecule has 0 bridgehead atoms. The first kappa shape index (κ1) is 12.2. The van der Waals surface area contributed by atoms with E-state index in [9.17, 15) is 0 Å². The molecule has 0 aliphatic rings. The first-order chi connectivity index (χ1) is 9.33.